The zero-order valence-corrected chi connectivity index (χ0v) is 18.4. The molecule has 0 aliphatic rings. The largest absolute Gasteiger partial charge is 0.453 e. The highest BCUT2D eigenvalue weighted by molar-refractivity contribution is 8.13. The predicted molar refractivity (Wildman–Crippen MR) is 119 cm³/mol. The summed E-state index contributed by atoms with van der Waals surface area (Å²) in [5, 5.41) is 17.3. The number of hydrogen-bond donors (Lipinski definition) is 3. The van der Waals surface area contributed by atoms with Crippen molar-refractivity contribution in [1.29, 1.82) is 0 Å². The maximum Gasteiger partial charge on any atom is 0.367 e. The summed E-state index contributed by atoms with van der Waals surface area (Å²) < 4.78 is 5.14. The third kappa shape index (κ3) is 17.4. The molecule has 4 nitrogen and oxygen atoms in total. The molecule has 1 rings (SSSR count). The van der Waals surface area contributed by atoms with Gasteiger partial charge in [-0.05, 0) is 49.3 Å². The van der Waals surface area contributed by atoms with Gasteiger partial charge in [-0.15, -0.1) is 0 Å². The molecule has 0 amide bonds. The third-order valence-corrected chi connectivity index (χ3v) is 5.17. The molecule has 0 spiro atoms. The molecule has 156 valence electrons. The fourth-order valence-electron chi connectivity index (χ4n) is 2.09. The number of hydrogen-bond acceptors (Lipinski definition) is 6. The number of aliphatic hydroxyl groups excluding tert-OH is 2. The van der Waals surface area contributed by atoms with Crippen molar-refractivity contribution in [1.82, 2.24) is 0 Å². The Balaban J connectivity index is 0.000000713. The summed E-state index contributed by atoms with van der Waals surface area (Å²) in [4.78, 5) is 11.5. The Morgan fingerprint density at radius 3 is 2.15 bits per heavy atom. The highest BCUT2D eigenvalue weighted by atomic mass is 35.5. The Labute approximate surface area is 178 Å². The van der Waals surface area contributed by atoms with Crippen LogP contribution in [0.3, 0.4) is 0 Å². The normalized spacial score (nSPS) is 10.2. The van der Waals surface area contributed by atoms with Crippen LogP contribution in [0.15, 0.2) is 24.3 Å². The molecule has 0 unspecified atom stereocenters. The third-order valence-electron chi connectivity index (χ3n) is 3.64. The molecule has 0 aromatic heterocycles. The van der Waals surface area contributed by atoms with Gasteiger partial charge in [-0.3, -0.25) is 0 Å². The summed E-state index contributed by atoms with van der Waals surface area (Å²) >= 11 is 11.2. The summed E-state index contributed by atoms with van der Waals surface area (Å²) in [5.74, 6) is 1.73. The van der Waals surface area contributed by atoms with E-state index >= 15 is 0 Å². The lowest BCUT2D eigenvalue weighted by atomic mass is 10.2. The van der Waals surface area contributed by atoms with E-state index in [9.17, 15) is 4.79 Å². The van der Waals surface area contributed by atoms with E-state index in [1.165, 1.54) is 24.6 Å². The van der Waals surface area contributed by atoms with Gasteiger partial charge in [0.25, 0.3) is 0 Å². The smallest absolute Gasteiger partial charge is 0.367 e. The maximum absolute atomic E-state index is 11.5. The second-order valence-corrected chi connectivity index (χ2v) is 7.86. The first-order valence-corrected chi connectivity index (χ1v) is 11.5. The van der Waals surface area contributed by atoms with E-state index in [1.54, 1.807) is 6.07 Å². The van der Waals surface area contributed by atoms with Gasteiger partial charge in [0.05, 0.1) is 0 Å². The highest BCUT2D eigenvalue weighted by Crippen LogP contribution is 2.18. The molecule has 0 saturated carbocycles. The Hall–Kier alpha value is -0.400. The van der Waals surface area contributed by atoms with Crippen molar-refractivity contribution in [3.8, 4) is 0 Å². The number of aliphatic hydroxyl groups is 2. The number of thioether (sulfide) groups is 1. The van der Waals surface area contributed by atoms with Gasteiger partial charge in [0.2, 0.25) is 0 Å². The van der Waals surface area contributed by atoms with E-state index < -0.39 is 0 Å². The molecule has 27 heavy (non-hydrogen) atoms. The number of rotatable bonds is 13. The van der Waals surface area contributed by atoms with Crippen LogP contribution in [0, 0.1) is 0 Å². The van der Waals surface area contributed by atoms with Crippen LogP contribution in [-0.2, 0) is 11.3 Å². The number of ether oxygens (including phenoxy) is 1. The summed E-state index contributed by atoms with van der Waals surface area (Å²) in [5.41, 5.74) is 0.820. The molecule has 0 aliphatic carbocycles. The number of unbranched alkanes of at least 4 members (excludes halogenated alkanes) is 6. The number of carbonyl (C=O) groups excluding carboxylic acids is 1. The molecule has 1 aromatic carbocycles. The van der Waals surface area contributed by atoms with Gasteiger partial charge in [-0.25, -0.2) is 4.79 Å². The number of thiol groups is 1. The van der Waals surface area contributed by atoms with Gasteiger partial charge >= 0.3 is 5.30 Å². The van der Waals surface area contributed by atoms with Crippen molar-refractivity contribution in [3.63, 3.8) is 0 Å². The lowest BCUT2D eigenvalue weighted by Crippen LogP contribution is -1.99. The Bertz CT molecular complexity index is 469. The van der Waals surface area contributed by atoms with Crippen LogP contribution >= 0.6 is 36.0 Å². The van der Waals surface area contributed by atoms with Gasteiger partial charge in [0.1, 0.15) is 6.61 Å². The van der Waals surface area contributed by atoms with Gasteiger partial charge < -0.3 is 14.9 Å². The summed E-state index contributed by atoms with van der Waals surface area (Å²) in [7, 11) is 0. The Morgan fingerprint density at radius 2 is 1.56 bits per heavy atom. The number of benzene rings is 1. The molecular weight excluding hydrogens is 404 g/mol. The molecule has 7 heteroatoms. The van der Waals surface area contributed by atoms with Gasteiger partial charge in [-0.1, -0.05) is 55.5 Å². The average molecular weight is 437 g/mol. The molecule has 0 atom stereocenters. The van der Waals surface area contributed by atoms with E-state index in [4.69, 9.17) is 26.6 Å². The van der Waals surface area contributed by atoms with Crippen molar-refractivity contribution in [2.24, 2.45) is 0 Å². The minimum atomic E-state index is -0.262. The lowest BCUT2D eigenvalue weighted by molar-refractivity contribution is 0.169. The minimum Gasteiger partial charge on any atom is -0.453 e. The molecule has 1 aromatic rings. The number of halogens is 1. The summed E-state index contributed by atoms with van der Waals surface area (Å²) in [6.07, 6.45) is 8.34. The topological polar surface area (TPSA) is 66.8 Å². The van der Waals surface area contributed by atoms with Crippen LogP contribution in [0.1, 0.15) is 56.9 Å². The molecule has 0 aliphatic heterocycles. The molecule has 2 N–H and O–H groups in total. The van der Waals surface area contributed by atoms with Crippen molar-refractivity contribution in [2.45, 2.75) is 58.0 Å². The average Bonchev–Trinajstić information content (AvgIpc) is 2.68. The van der Waals surface area contributed by atoms with Crippen LogP contribution in [0.4, 0.5) is 4.79 Å². The standard InChI is InChI=1S/C14H19ClO3S.C6H14OS/c15-13-8-4-3-7-12(13)11-18-14(17)19-10-6-2-1-5-9-16;7-5-3-1-2-4-6-8/h3-4,7-8,16H,1-2,5-6,9-11H2;7-8H,1-6H2. The van der Waals surface area contributed by atoms with Crippen molar-refractivity contribution in [2.75, 3.05) is 24.7 Å². The van der Waals surface area contributed by atoms with E-state index in [1.807, 2.05) is 18.2 Å². The van der Waals surface area contributed by atoms with Gasteiger partial charge in [-0.2, -0.15) is 12.6 Å². The molecular formula is C20H33ClO4S2. The predicted octanol–water partition coefficient (Wildman–Crippen LogP) is 5.73. The first-order valence-electron chi connectivity index (χ1n) is 9.51. The van der Waals surface area contributed by atoms with Crippen LogP contribution in [0.25, 0.3) is 0 Å². The second kappa shape index (κ2) is 20.3. The first-order chi connectivity index (χ1) is 13.2. The zero-order valence-electron chi connectivity index (χ0n) is 15.9. The maximum atomic E-state index is 11.5. The molecule has 0 bridgehead atoms. The van der Waals surface area contributed by atoms with E-state index in [-0.39, 0.29) is 18.5 Å². The SMILES string of the molecule is O=C(OCc1ccccc1Cl)SCCCCCCO.OCCCCCCS. The summed E-state index contributed by atoms with van der Waals surface area (Å²) in [6.45, 7) is 0.801. The van der Waals surface area contributed by atoms with Crippen molar-refractivity contribution in [3.05, 3.63) is 34.9 Å². The molecule has 0 saturated heterocycles. The van der Waals surface area contributed by atoms with Crippen LogP contribution in [0.2, 0.25) is 5.02 Å². The quantitative estimate of drug-likeness (QED) is 0.209. The minimum absolute atomic E-state index is 0.218. The van der Waals surface area contributed by atoms with E-state index in [2.05, 4.69) is 12.6 Å². The van der Waals surface area contributed by atoms with Crippen LogP contribution < -0.4 is 0 Å². The fourth-order valence-corrected chi connectivity index (χ4v) is 3.17. The Kier molecular flexibility index (Phi) is 20.0. The number of carbonyl (C=O) groups is 1. The van der Waals surface area contributed by atoms with Gasteiger partial charge in [0.15, 0.2) is 0 Å². The Morgan fingerprint density at radius 1 is 0.963 bits per heavy atom. The van der Waals surface area contributed by atoms with Crippen LogP contribution in [-0.4, -0.2) is 40.2 Å². The molecule has 0 heterocycles. The van der Waals surface area contributed by atoms with E-state index in [0.717, 1.165) is 55.6 Å². The van der Waals surface area contributed by atoms with Crippen LogP contribution in [0.5, 0.6) is 0 Å². The first kappa shape index (κ1) is 26.6. The van der Waals surface area contributed by atoms with E-state index in [0.29, 0.717) is 11.6 Å². The van der Waals surface area contributed by atoms with Crippen molar-refractivity contribution >= 4 is 41.3 Å². The van der Waals surface area contributed by atoms with Crippen molar-refractivity contribution < 1.29 is 19.7 Å². The fraction of sp³-hybridized carbons (Fsp3) is 0.650. The molecule has 0 fully saturated rings. The summed E-state index contributed by atoms with van der Waals surface area (Å²) in [6, 6.07) is 7.33. The zero-order chi connectivity index (χ0) is 20.2. The lowest BCUT2D eigenvalue weighted by Gasteiger charge is -2.05. The van der Waals surface area contributed by atoms with Gasteiger partial charge in [0, 0.05) is 29.6 Å². The highest BCUT2D eigenvalue weighted by Gasteiger charge is 2.05. The molecule has 0 radical (unpaired) electrons. The monoisotopic (exact) mass is 436 g/mol. The second-order valence-electron chi connectivity index (χ2n) is 5.98.